The van der Waals surface area contributed by atoms with Crippen LogP contribution in [0, 0.1) is 16.7 Å². The van der Waals surface area contributed by atoms with Crippen LogP contribution in [0.15, 0.2) is 24.3 Å². The normalized spacial score (nSPS) is 19.6. The molecule has 2 rings (SSSR count). The van der Waals surface area contributed by atoms with E-state index < -0.39 is 0 Å². The summed E-state index contributed by atoms with van der Waals surface area (Å²) >= 11 is 6.00. The molecule has 0 radical (unpaired) electrons. The number of benzene rings is 1. The monoisotopic (exact) mass is 294 g/mol. The fourth-order valence-corrected chi connectivity index (χ4v) is 3.11. The predicted octanol–water partition coefficient (Wildman–Crippen LogP) is 3.55. The molecule has 110 valence electrons. The van der Waals surface area contributed by atoms with Gasteiger partial charge in [-0.3, -0.25) is 4.79 Å². The molecular weight excluding hydrogens is 272 g/mol. The Kier molecular flexibility index (Phi) is 4.12. The van der Waals surface area contributed by atoms with E-state index in [1.165, 1.54) is 0 Å². The topological polar surface area (TPSA) is 41.1 Å². The fraction of sp³-hybridized carbons (Fsp3) is 0.562. The maximum atomic E-state index is 11.9. The molecular formula is C16H23ClN2O. The number of nitrogens with one attached hydrogen (secondary N) is 2. The minimum Gasteiger partial charge on any atom is -0.324 e. The number of hydrogen-bond donors (Lipinski definition) is 2. The van der Waals surface area contributed by atoms with Crippen molar-refractivity contribution in [1.82, 2.24) is 5.32 Å². The highest BCUT2D eigenvalue weighted by atomic mass is 35.5. The molecule has 1 aromatic carbocycles. The predicted molar refractivity (Wildman–Crippen MR) is 84.0 cm³/mol. The minimum atomic E-state index is -0.0608. The maximum Gasteiger partial charge on any atom is 0.238 e. The third-order valence-electron chi connectivity index (χ3n) is 5.10. The van der Waals surface area contributed by atoms with E-state index in [1.54, 1.807) is 12.1 Å². The van der Waals surface area contributed by atoms with Crippen LogP contribution in [0.5, 0.6) is 0 Å². The Balaban J connectivity index is 1.76. The lowest BCUT2D eigenvalue weighted by Gasteiger charge is -2.08. The van der Waals surface area contributed by atoms with E-state index in [0.717, 1.165) is 6.54 Å². The van der Waals surface area contributed by atoms with E-state index in [4.69, 9.17) is 11.6 Å². The third-order valence-corrected chi connectivity index (χ3v) is 5.43. The SMILES string of the molecule is CC1(C)C(CNCC(=O)Nc2ccccc2Cl)C1(C)C. The summed E-state index contributed by atoms with van der Waals surface area (Å²) in [4.78, 5) is 11.9. The molecule has 0 atom stereocenters. The lowest BCUT2D eigenvalue weighted by molar-refractivity contribution is -0.115. The highest BCUT2D eigenvalue weighted by molar-refractivity contribution is 6.33. The first-order valence-corrected chi connectivity index (χ1v) is 7.39. The maximum absolute atomic E-state index is 11.9. The molecule has 3 nitrogen and oxygen atoms in total. The molecule has 0 spiro atoms. The van der Waals surface area contributed by atoms with Crippen LogP contribution in [0.25, 0.3) is 0 Å². The quantitative estimate of drug-likeness (QED) is 0.872. The molecule has 1 saturated carbocycles. The first-order valence-electron chi connectivity index (χ1n) is 7.02. The summed E-state index contributed by atoms with van der Waals surface area (Å²) in [6.45, 7) is 10.3. The Bertz CT molecular complexity index is 497. The van der Waals surface area contributed by atoms with Crippen LogP contribution < -0.4 is 10.6 Å². The summed E-state index contributed by atoms with van der Waals surface area (Å²) in [5.74, 6) is 0.553. The number of carbonyl (C=O) groups excluding carboxylic acids is 1. The van der Waals surface area contributed by atoms with Crippen molar-refractivity contribution in [1.29, 1.82) is 0 Å². The summed E-state index contributed by atoms with van der Waals surface area (Å²) in [6, 6.07) is 7.25. The van der Waals surface area contributed by atoms with Crippen LogP contribution >= 0.6 is 11.6 Å². The van der Waals surface area contributed by atoms with Crippen molar-refractivity contribution in [3.05, 3.63) is 29.3 Å². The van der Waals surface area contributed by atoms with Crippen LogP contribution in [0.3, 0.4) is 0 Å². The highest BCUT2D eigenvalue weighted by Crippen LogP contribution is 2.67. The number of rotatable bonds is 5. The second kappa shape index (κ2) is 5.38. The van der Waals surface area contributed by atoms with Crippen molar-refractivity contribution in [2.24, 2.45) is 16.7 Å². The Hall–Kier alpha value is -1.06. The standard InChI is InChI=1S/C16H23ClN2O/c1-15(2)13(16(15,3)4)9-18-10-14(20)19-12-8-6-5-7-11(12)17/h5-8,13,18H,9-10H2,1-4H3,(H,19,20). The summed E-state index contributed by atoms with van der Waals surface area (Å²) < 4.78 is 0. The average Bonchev–Trinajstić information content (AvgIpc) is 2.74. The number of carbonyl (C=O) groups is 1. The van der Waals surface area contributed by atoms with E-state index in [0.29, 0.717) is 34.0 Å². The molecule has 20 heavy (non-hydrogen) atoms. The molecule has 1 amide bonds. The molecule has 1 fully saturated rings. The van der Waals surface area contributed by atoms with Crippen molar-refractivity contribution >= 4 is 23.2 Å². The number of halogens is 1. The molecule has 0 aliphatic heterocycles. The zero-order valence-corrected chi connectivity index (χ0v) is 13.3. The number of anilines is 1. The van der Waals surface area contributed by atoms with Gasteiger partial charge in [-0.15, -0.1) is 0 Å². The van der Waals surface area contributed by atoms with Gasteiger partial charge in [-0.05, 0) is 35.4 Å². The molecule has 1 aromatic rings. The van der Waals surface area contributed by atoms with Crippen molar-refractivity contribution in [2.45, 2.75) is 27.7 Å². The van der Waals surface area contributed by atoms with Crippen molar-refractivity contribution in [3.8, 4) is 0 Å². The van der Waals surface area contributed by atoms with Crippen molar-refractivity contribution in [2.75, 3.05) is 18.4 Å². The zero-order chi connectivity index (χ0) is 15.0. The van der Waals surface area contributed by atoms with E-state index in [9.17, 15) is 4.79 Å². The third kappa shape index (κ3) is 2.84. The molecule has 0 heterocycles. The molecule has 0 aromatic heterocycles. The van der Waals surface area contributed by atoms with E-state index >= 15 is 0 Å². The molecule has 1 aliphatic carbocycles. The van der Waals surface area contributed by atoms with Gasteiger partial charge in [0.25, 0.3) is 0 Å². The summed E-state index contributed by atoms with van der Waals surface area (Å²) in [7, 11) is 0. The van der Waals surface area contributed by atoms with Crippen LogP contribution in [-0.4, -0.2) is 19.0 Å². The second-order valence-electron chi connectivity index (χ2n) is 6.65. The van der Waals surface area contributed by atoms with Crippen molar-refractivity contribution < 1.29 is 4.79 Å². The molecule has 0 unspecified atom stereocenters. The lowest BCUT2D eigenvalue weighted by Crippen LogP contribution is -2.30. The van der Waals surface area contributed by atoms with Gasteiger partial charge in [-0.25, -0.2) is 0 Å². The average molecular weight is 295 g/mol. The van der Waals surface area contributed by atoms with Crippen LogP contribution in [0.4, 0.5) is 5.69 Å². The molecule has 0 bridgehead atoms. The van der Waals surface area contributed by atoms with Gasteiger partial charge in [0, 0.05) is 0 Å². The van der Waals surface area contributed by atoms with Gasteiger partial charge >= 0.3 is 0 Å². The van der Waals surface area contributed by atoms with Gasteiger partial charge in [0.15, 0.2) is 0 Å². The van der Waals surface area contributed by atoms with Gasteiger partial charge in [0.05, 0.1) is 17.3 Å². The largest absolute Gasteiger partial charge is 0.324 e. The zero-order valence-electron chi connectivity index (χ0n) is 12.6. The van der Waals surface area contributed by atoms with Crippen LogP contribution in [-0.2, 0) is 4.79 Å². The minimum absolute atomic E-state index is 0.0608. The Labute approximate surface area is 126 Å². The Morgan fingerprint density at radius 2 is 1.80 bits per heavy atom. The van der Waals surface area contributed by atoms with Gasteiger partial charge in [0.2, 0.25) is 5.91 Å². The van der Waals surface area contributed by atoms with Gasteiger partial charge < -0.3 is 10.6 Å². The van der Waals surface area contributed by atoms with Gasteiger partial charge in [-0.2, -0.15) is 0 Å². The van der Waals surface area contributed by atoms with E-state index in [1.807, 2.05) is 12.1 Å². The highest BCUT2D eigenvalue weighted by Gasteiger charge is 2.63. The van der Waals surface area contributed by atoms with Crippen LogP contribution in [0.2, 0.25) is 5.02 Å². The Morgan fingerprint density at radius 1 is 1.20 bits per heavy atom. The van der Waals surface area contributed by atoms with E-state index in [-0.39, 0.29) is 5.91 Å². The Morgan fingerprint density at radius 3 is 2.35 bits per heavy atom. The van der Waals surface area contributed by atoms with Gasteiger partial charge in [0.1, 0.15) is 0 Å². The first kappa shape index (κ1) is 15.3. The summed E-state index contributed by atoms with van der Waals surface area (Å²) in [6.07, 6.45) is 0. The van der Waals surface area contributed by atoms with Crippen LogP contribution in [0.1, 0.15) is 27.7 Å². The summed E-state index contributed by atoms with van der Waals surface area (Å²) in [5.41, 5.74) is 1.35. The lowest BCUT2D eigenvalue weighted by atomic mass is 10.0. The molecule has 0 saturated heterocycles. The number of para-hydroxylation sites is 1. The molecule has 4 heteroatoms. The number of amides is 1. The molecule has 2 N–H and O–H groups in total. The second-order valence-corrected chi connectivity index (χ2v) is 7.06. The number of hydrogen-bond acceptors (Lipinski definition) is 2. The van der Waals surface area contributed by atoms with E-state index in [2.05, 4.69) is 38.3 Å². The van der Waals surface area contributed by atoms with Gasteiger partial charge in [-0.1, -0.05) is 51.4 Å². The first-order chi connectivity index (χ1) is 9.26. The molecule has 1 aliphatic rings. The fourth-order valence-electron chi connectivity index (χ4n) is 2.93. The van der Waals surface area contributed by atoms with Crippen molar-refractivity contribution in [3.63, 3.8) is 0 Å². The smallest absolute Gasteiger partial charge is 0.238 e. The summed E-state index contributed by atoms with van der Waals surface area (Å²) in [5, 5.41) is 6.62.